The van der Waals surface area contributed by atoms with Gasteiger partial charge in [0.15, 0.2) is 0 Å². The zero-order valence-corrected chi connectivity index (χ0v) is 21.3. The van der Waals surface area contributed by atoms with Crippen molar-refractivity contribution in [2.45, 2.75) is 31.7 Å². The summed E-state index contributed by atoms with van der Waals surface area (Å²) in [6.07, 6.45) is 2.33. The summed E-state index contributed by atoms with van der Waals surface area (Å²) in [4.78, 5) is 20.2. The van der Waals surface area contributed by atoms with Crippen molar-refractivity contribution in [1.82, 2.24) is 9.55 Å². The van der Waals surface area contributed by atoms with Gasteiger partial charge >= 0.3 is 0 Å². The fourth-order valence-corrected chi connectivity index (χ4v) is 5.42. The Labute approximate surface area is 221 Å². The fourth-order valence-electron chi connectivity index (χ4n) is 5.29. The van der Waals surface area contributed by atoms with Crippen molar-refractivity contribution in [2.24, 2.45) is 0 Å². The van der Waals surface area contributed by atoms with Crippen molar-refractivity contribution in [3.8, 4) is 5.75 Å². The number of amides is 1. The molecular weight excluding hydrogens is 482 g/mol. The highest BCUT2D eigenvalue weighted by atomic mass is 35.5. The van der Waals surface area contributed by atoms with Crippen LogP contribution in [0.1, 0.15) is 31.0 Å². The van der Waals surface area contributed by atoms with Gasteiger partial charge in [-0.1, -0.05) is 60.1 Å². The predicted octanol–water partition coefficient (Wildman–Crippen LogP) is 7.22. The minimum Gasteiger partial charge on any atom is -0.494 e. The molecule has 0 N–H and O–H groups in total. The van der Waals surface area contributed by atoms with Gasteiger partial charge in [-0.15, -0.1) is 0 Å². The van der Waals surface area contributed by atoms with E-state index in [2.05, 4.69) is 41.0 Å². The lowest BCUT2D eigenvalue weighted by atomic mass is 10.1. The molecule has 4 aromatic carbocycles. The number of unbranched alkanes of at least 4 members (excludes halogenated alkanes) is 1. The van der Waals surface area contributed by atoms with Gasteiger partial charge in [-0.25, -0.2) is 4.98 Å². The molecule has 1 aliphatic heterocycles. The zero-order valence-electron chi connectivity index (χ0n) is 20.5. The van der Waals surface area contributed by atoms with Gasteiger partial charge in [-0.2, -0.15) is 0 Å². The number of carbonyl (C=O) groups is 1. The number of benzene rings is 4. The Kier molecular flexibility index (Phi) is 6.54. The maximum Gasteiger partial charge on any atom is 0.227 e. The largest absolute Gasteiger partial charge is 0.494 e. The molecule has 1 atom stereocenters. The molecule has 1 fully saturated rings. The first kappa shape index (κ1) is 23.6. The van der Waals surface area contributed by atoms with Crippen LogP contribution >= 0.6 is 11.6 Å². The Hall–Kier alpha value is -3.83. The number of imidazole rings is 1. The highest BCUT2D eigenvalue weighted by molar-refractivity contribution is 6.30. The number of rotatable bonds is 8. The lowest BCUT2D eigenvalue weighted by Gasteiger charge is -2.19. The second-order valence-corrected chi connectivity index (χ2v) is 9.96. The summed E-state index contributed by atoms with van der Waals surface area (Å²) in [6, 6.07) is 30.1. The number of aromatic nitrogens is 2. The van der Waals surface area contributed by atoms with Gasteiger partial charge < -0.3 is 14.2 Å². The van der Waals surface area contributed by atoms with E-state index in [4.69, 9.17) is 21.3 Å². The summed E-state index contributed by atoms with van der Waals surface area (Å²) in [7, 11) is 0. The van der Waals surface area contributed by atoms with Crippen molar-refractivity contribution in [3.05, 3.63) is 102 Å². The summed E-state index contributed by atoms with van der Waals surface area (Å²) < 4.78 is 8.18. The molecule has 1 aromatic heterocycles. The van der Waals surface area contributed by atoms with Crippen LogP contribution in [0.2, 0.25) is 5.02 Å². The Morgan fingerprint density at radius 3 is 2.57 bits per heavy atom. The second kappa shape index (κ2) is 10.3. The van der Waals surface area contributed by atoms with E-state index in [1.807, 2.05) is 59.5 Å². The fraction of sp³-hybridized carbons (Fsp3) is 0.226. The van der Waals surface area contributed by atoms with Gasteiger partial charge in [-0.05, 0) is 60.7 Å². The number of hydrogen-bond donors (Lipinski definition) is 0. The van der Waals surface area contributed by atoms with Crippen molar-refractivity contribution in [3.63, 3.8) is 0 Å². The van der Waals surface area contributed by atoms with Crippen LogP contribution < -0.4 is 9.64 Å². The SMILES string of the molecule is O=C1CC(c2nc3ccccc3n2CCCCOc2ccc(Cl)cc2)CN1c1cccc2ccccc12. The number of halogens is 1. The standard InChI is InChI=1S/C31H28ClN3O2/c32-24-14-16-25(17-15-24)37-19-6-5-18-34-29-12-4-3-11-27(29)33-31(34)23-20-30(36)35(21-23)28-13-7-9-22-8-1-2-10-26(22)28/h1-4,7-17,23H,5-6,18-21H2. The number of fused-ring (bicyclic) bond motifs is 2. The number of carbonyl (C=O) groups excluding carboxylic acids is 1. The quantitative estimate of drug-likeness (QED) is 0.207. The summed E-state index contributed by atoms with van der Waals surface area (Å²) >= 11 is 5.96. The molecule has 1 amide bonds. The van der Waals surface area contributed by atoms with Crippen LogP contribution in [0.5, 0.6) is 5.75 Å². The third-order valence-corrected chi connectivity index (χ3v) is 7.34. The molecule has 0 aliphatic carbocycles. The van der Waals surface area contributed by atoms with Crippen molar-refractivity contribution >= 4 is 45.0 Å². The first-order valence-electron chi connectivity index (χ1n) is 12.8. The average molecular weight is 510 g/mol. The van der Waals surface area contributed by atoms with E-state index in [0.29, 0.717) is 24.6 Å². The first-order valence-corrected chi connectivity index (χ1v) is 13.2. The maximum absolute atomic E-state index is 13.2. The Morgan fingerprint density at radius 2 is 1.68 bits per heavy atom. The van der Waals surface area contributed by atoms with Crippen LogP contribution in [-0.4, -0.2) is 28.6 Å². The van der Waals surface area contributed by atoms with Crippen LogP contribution in [-0.2, 0) is 11.3 Å². The third kappa shape index (κ3) is 4.79. The molecule has 6 heteroatoms. The number of aryl methyl sites for hydroxylation is 1. The summed E-state index contributed by atoms with van der Waals surface area (Å²) in [5.74, 6) is 2.02. The van der Waals surface area contributed by atoms with E-state index in [1.54, 1.807) is 0 Å². The van der Waals surface area contributed by atoms with Gasteiger partial charge in [0.2, 0.25) is 5.91 Å². The molecule has 1 unspecified atom stereocenters. The molecule has 5 nitrogen and oxygen atoms in total. The number of ether oxygens (including phenoxy) is 1. The van der Waals surface area contributed by atoms with E-state index in [-0.39, 0.29) is 11.8 Å². The molecule has 0 bridgehead atoms. The molecule has 5 aromatic rings. The van der Waals surface area contributed by atoms with Gasteiger partial charge in [0.1, 0.15) is 11.6 Å². The first-order chi connectivity index (χ1) is 18.2. The van der Waals surface area contributed by atoms with Crippen molar-refractivity contribution in [2.75, 3.05) is 18.1 Å². The lowest BCUT2D eigenvalue weighted by Crippen LogP contribution is -2.24. The van der Waals surface area contributed by atoms with Crippen LogP contribution in [0, 0.1) is 0 Å². The summed E-state index contributed by atoms with van der Waals surface area (Å²) in [5.41, 5.74) is 3.07. The van der Waals surface area contributed by atoms with Gasteiger partial charge in [0.25, 0.3) is 0 Å². The van der Waals surface area contributed by atoms with Crippen molar-refractivity contribution in [1.29, 1.82) is 0 Å². The van der Waals surface area contributed by atoms with Gasteiger partial charge in [0, 0.05) is 35.8 Å². The van der Waals surface area contributed by atoms with Crippen molar-refractivity contribution < 1.29 is 9.53 Å². The number of hydrogen-bond acceptors (Lipinski definition) is 3. The monoisotopic (exact) mass is 509 g/mol. The van der Waals surface area contributed by atoms with Crippen LogP contribution in [0.3, 0.4) is 0 Å². The minimum atomic E-state index is 0.0455. The van der Waals surface area contributed by atoms with E-state index in [9.17, 15) is 4.79 Å². The zero-order chi connectivity index (χ0) is 25.2. The van der Waals surface area contributed by atoms with E-state index >= 15 is 0 Å². The lowest BCUT2D eigenvalue weighted by molar-refractivity contribution is -0.117. The Morgan fingerprint density at radius 1 is 0.892 bits per heavy atom. The molecule has 2 heterocycles. The van der Waals surface area contributed by atoms with Crippen LogP contribution in [0.4, 0.5) is 5.69 Å². The molecule has 0 radical (unpaired) electrons. The van der Waals surface area contributed by atoms with Crippen LogP contribution in [0.15, 0.2) is 91.0 Å². The minimum absolute atomic E-state index is 0.0455. The number of para-hydroxylation sites is 2. The molecule has 186 valence electrons. The van der Waals surface area contributed by atoms with E-state index < -0.39 is 0 Å². The third-order valence-electron chi connectivity index (χ3n) is 7.09. The molecule has 0 saturated carbocycles. The summed E-state index contributed by atoms with van der Waals surface area (Å²) in [5, 5.41) is 2.95. The van der Waals surface area contributed by atoms with Crippen LogP contribution in [0.25, 0.3) is 21.8 Å². The molecule has 37 heavy (non-hydrogen) atoms. The number of nitrogens with zero attached hydrogens (tertiary/aromatic N) is 3. The van der Waals surface area contributed by atoms with Gasteiger partial charge in [0.05, 0.1) is 23.3 Å². The molecule has 1 saturated heterocycles. The highest BCUT2D eigenvalue weighted by Gasteiger charge is 2.35. The smallest absolute Gasteiger partial charge is 0.227 e. The van der Waals surface area contributed by atoms with Gasteiger partial charge in [-0.3, -0.25) is 4.79 Å². The van der Waals surface area contributed by atoms with E-state index in [1.165, 1.54) is 0 Å². The van der Waals surface area contributed by atoms with E-state index in [0.717, 1.165) is 58.5 Å². The predicted molar refractivity (Wildman–Crippen MR) is 150 cm³/mol. The Balaban J connectivity index is 1.20. The topological polar surface area (TPSA) is 47.4 Å². The molecular formula is C31H28ClN3O2. The Bertz CT molecular complexity index is 1560. The maximum atomic E-state index is 13.2. The summed E-state index contributed by atoms with van der Waals surface area (Å²) in [6.45, 7) is 2.11. The molecule has 1 aliphatic rings. The number of anilines is 1. The molecule has 0 spiro atoms. The molecule has 6 rings (SSSR count). The normalized spacial score (nSPS) is 15.6. The second-order valence-electron chi connectivity index (χ2n) is 9.52. The highest BCUT2D eigenvalue weighted by Crippen LogP contribution is 2.36. The average Bonchev–Trinajstić information content (AvgIpc) is 3.49.